The maximum Gasteiger partial charge on any atom is 0.141 e. The van der Waals surface area contributed by atoms with Gasteiger partial charge in [-0.3, -0.25) is 0 Å². The molecule has 2 aromatic rings. The Morgan fingerprint density at radius 2 is 1.90 bits per heavy atom. The van der Waals surface area contributed by atoms with Gasteiger partial charge in [-0.05, 0) is 49.2 Å². The van der Waals surface area contributed by atoms with Gasteiger partial charge in [0.1, 0.15) is 5.82 Å². The molecule has 0 saturated heterocycles. The van der Waals surface area contributed by atoms with E-state index in [4.69, 9.17) is 11.6 Å². The maximum absolute atomic E-state index is 13.3. The topological polar surface area (TPSA) is 12.0 Å². The van der Waals surface area contributed by atoms with Crippen molar-refractivity contribution in [3.05, 3.63) is 69.5 Å². The van der Waals surface area contributed by atoms with Crippen LogP contribution < -0.4 is 5.32 Å². The summed E-state index contributed by atoms with van der Waals surface area (Å²) in [6.45, 7) is 7.06. The molecule has 1 unspecified atom stereocenters. The number of nitrogens with one attached hydrogen (secondary N) is 1. The van der Waals surface area contributed by atoms with Gasteiger partial charge in [-0.2, -0.15) is 0 Å². The van der Waals surface area contributed by atoms with E-state index in [-0.39, 0.29) is 16.9 Å². The number of hydrogen-bond donors (Lipinski definition) is 1. The van der Waals surface area contributed by atoms with Gasteiger partial charge in [-0.25, -0.2) is 4.39 Å². The Morgan fingerprint density at radius 1 is 1.15 bits per heavy atom. The Balaban J connectivity index is 2.47. The Hall–Kier alpha value is -1.38. The van der Waals surface area contributed by atoms with E-state index in [9.17, 15) is 4.39 Å². The Labute approximate surface area is 124 Å². The number of aryl methyl sites for hydroxylation is 2. The van der Waals surface area contributed by atoms with Gasteiger partial charge in [0.05, 0.1) is 11.1 Å². The highest BCUT2D eigenvalue weighted by Crippen LogP contribution is 2.28. The third-order valence-electron chi connectivity index (χ3n) is 3.42. The van der Waals surface area contributed by atoms with Crippen molar-refractivity contribution < 1.29 is 4.39 Å². The molecule has 0 spiro atoms. The molecule has 1 atom stereocenters. The Morgan fingerprint density at radius 3 is 2.50 bits per heavy atom. The van der Waals surface area contributed by atoms with Crippen LogP contribution in [0.4, 0.5) is 4.39 Å². The van der Waals surface area contributed by atoms with Crippen molar-refractivity contribution in [1.82, 2.24) is 5.32 Å². The molecule has 3 heteroatoms. The summed E-state index contributed by atoms with van der Waals surface area (Å²) in [6.07, 6.45) is 0. The average Bonchev–Trinajstić information content (AvgIpc) is 2.40. The molecule has 1 N–H and O–H groups in total. The Kier molecular flexibility index (Phi) is 4.79. The van der Waals surface area contributed by atoms with Crippen molar-refractivity contribution in [2.75, 3.05) is 6.54 Å². The van der Waals surface area contributed by atoms with E-state index in [0.717, 1.165) is 12.1 Å². The van der Waals surface area contributed by atoms with Crippen LogP contribution in [0.25, 0.3) is 0 Å². The second-order valence-electron chi connectivity index (χ2n) is 5.02. The minimum atomic E-state index is -0.383. The van der Waals surface area contributed by atoms with Crippen molar-refractivity contribution >= 4 is 11.6 Å². The van der Waals surface area contributed by atoms with Crippen molar-refractivity contribution in [1.29, 1.82) is 0 Å². The van der Waals surface area contributed by atoms with E-state index in [1.807, 2.05) is 0 Å². The second-order valence-corrected chi connectivity index (χ2v) is 5.43. The molecule has 0 heterocycles. The molecule has 0 bridgehead atoms. The monoisotopic (exact) mass is 291 g/mol. The second kappa shape index (κ2) is 6.38. The maximum atomic E-state index is 13.3. The number of hydrogen-bond acceptors (Lipinski definition) is 1. The molecule has 0 aliphatic rings. The van der Waals surface area contributed by atoms with Crippen LogP contribution in [-0.2, 0) is 0 Å². The SMILES string of the molecule is CCNC(c1ccc(F)c(Cl)c1)c1ccc(C)cc1C. The van der Waals surface area contributed by atoms with Gasteiger partial charge in [0.15, 0.2) is 0 Å². The zero-order valence-corrected chi connectivity index (χ0v) is 12.8. The lowest BCUT2D eigenvalue weighted by Gasteiger charge is -2.21. The fourth-order valence-corrected chi connectivity index (χ4v) is 2.64. The first-order valence-electron chi connectivity index (χ1n) is 6.78. The van der Waals surface area contributed by atoms with Gasteiger partial charge in [-0.15, -0.1) is 0 Å². The fraction of sp³-hybridized carbons (Fsp3) is 0.294. The predicted octanol–water partition coefficient (Wildman–Crippen LogP) is 4.79. The molecule has 106 valence electrons. The van der Waals surface area contributed by atoms with Crippen LogP contribution in [0.5, 0.6) is 0 Å². The van der Waals surface area contributed by atoms with E-state index in [0.29, 0.717) is 0 Å². The van der Waals surface area contributed by atoms with Crippen LogP contribution in [0.2, 0.25) is 5.02 Å². The first-order valence-corrected chi connectivity index (χ1v) is 7.16. The minimum absolute atomic E-state index is 0.0266. The summed E-state index contributed by atoms with van der Waals surface area (Å²) in [5.41, 5.74) is 4.63. The lowest BCUT2D eigenvalue weighted by atomic mass is 9.94. The van der Waals surface area contributed by atoms with Gasteiger partial charge < -0.3 is 5.32 Å². The number of rotatable bonds is 4. The van der Waals surface area contributed by atoms with Crippen LogP contribution in [0, 0.1) is 19.7 Å². The van der Waals surface area contributed by atoms with Gasteiger partial charge >= 0.3 is 0 Å². The van der Waals surface area contributed by atoms with Gasteiger partial charge in [0.25, 0.3) is 0 Å². The van der Waals surface area contributed by atoms with Gasteiger partial charge in [0.2, 0.25) is 0 Å². The highest BCUT2D eigenvalue weighted by atomic mass is 35.5. The predicted molar refractivity (Wildman–Crippen MR) is 82.8 cm³/mol. The molecule has 0 radical (unpaired) electrons. The summed E-state index contributed by atoms with van der Waals surface area (Å²) in [4.78, 5) is 0. The molecule has 2 rings (SSSR count). The lowest BCUT2D eigenvalue weighted by molar-refractivity contribution is 0.612. The van der Waals surface area contributed by atoms with Crippen LogP contribution >= 0.6 is 11.6 Å². The van der Waals surface area contributed by atoms with Crippen LogP contribution in [0.15, 0.2) is 36.4 Å². The van der Waals surface area contributed by atoms with Crippen molar-refractivity contribution in [3.8, 4) is 0 Å². The van der Waals surface area contributed by atoms with Gasteiger partial charge in [0, 0.05) is 0 Å². The lowest BCUT2D eigenvalue weighted by Crippen LogP contribution is -2.22. The normalized spacial score (nSPS) is 12.4. The van der Waals surface area contributed by atoms with Crippen LogP contribution in [0.1, 0.15) is 35.2 Å². The van der Waals surface area contributed by atoms with Crippen molar-refractivity contribution in [2.45, 2.75) is 26.8 Å². The van der Waals surface area contributed by atoms with Crippen LogP contribution in [0.3, 0.4) is 0 Å². The van der Waals surface area contributed by atoms with E-state index < -0.39 is 0 Å². The summed E-state index contributed by atoms with van der Waals surface area (Å²) in [7, 11) is 0. The quantitative estimate of drug-likeness (QED) is 0.853. The smallest absolute Gasteiger partial charge is 0.141 e. The van der Waals surface area contributed by atoms with Crippen molar-refractivity contribution in [2.24, 2.45) is 0 Å². The first kappa shape index (κ1) is 15.0. The molecule has 2 aromatic carbocycles. The summed E-state index contributed by atoms with van der Waals surface area (Å²) < 4.78 is 13.3. The van der Waals surface area contributed by atoms with E-state index in [1.165, 1.54) is 22.8 Å². The van der Waals surface area contributed by atoms with E-state index in [2.05, 4.69) is 44.3 Å². The third kappa shape index (κ3) is 3.20. The van der Waals surface area contributed by atoms with E-state index in [1.54, 1.807) is 12.1 Å². The molecular formula is C17H19ClFN. The molecule has 0 aliphatic carbocycles. The highest BCUT2D eigenvalue weighted by Gasteiger charge is 2.16. The molecule has 0 aromatic heterocycles. The average molecular weight is 292 g/mol. The van der Waals surface area contributed by atoms with E-state index >= 15 is 0 Å². The summed E-state index contributed by atoms with van der Waals surface area (Å²) in [5.74, 6) is -0.383. The third-order valence-corrected chi connectivity index (χ3v) is 3.71. The summed E-state index contributed by atoms with van der Waals surface area (Å²) in [5, 5.41) is 3.60. The molecule has 0 saturated carbocycles. The largest absolute Gasteiger partial charge is 0.307 e. The minimum Gasteiger partial charge on any atom is -0.307 e. The number of halogens is 2. The molecule has 0 amide bonds. The number of benzene rings is 2. The molecule has 20 heavy (non-hydrogen) atoms. The summed E-state index contributed by atoms with van der Waals surface area (Å²) >= 11 is 5.91. The summed E-state index contributed by atoms with van der Waals surface area (Å²) in [6, 6.07) is 11.3. The molecular weight excluding hydrogens is 273 g/mol. The first-order chi connectivity index (χ1) is 9.52. The Bertz CT molecular complexity index is 610. The van der Waals surface area contributed by atoms with Crippen molar-refractivity contribution in [3.63, 3.8) is 0 Å². The molecule has 0 fully saturated rings. The standard InChI is InChI=1S/C17H19ClFN/c1-4-20-17(13-6-8-16(19)15(18)10-13)14-7-5-11(2)9-12(14)3/h5-10,17,20H,4H2,1-3H3. The zero-order valence-electron chi connectivity index (χ0n) is 12.0. The molecule has 1 nitrogen and oxygen atoms in total. The zero-order chi connectivity index (χ0) is 14.7. The fourth-order valence-electron chi connectivity index (χ4n) is 2.45. The molecule has 0 aliphatic heterocycles. The highest BCUT2D eigenvalue weighted by molar-refractivity contribution is 6.30. The van der Waals surface area contributed by atoms with Crippen LogP contribution in [-0.4, -0.2) is 6.54 Å². The van der Waals surface area contributed by atoms with Gasteiger partial charge in [-0.1, -0.05) is 48.4 Å².